The van der Waals surface area contributed by atoms with E-state index in [0.717, 1.165) is 11.8 Å². The number of cyclic esters (lactones) is 1. The van der Waals surface area contributed by atoms with Crippen molar-refractivity contribution in [3.63, 3.8) is 0 Å². The number of aliphatic hydroxyl groups is 1. The zero-order valence-corrected chi connectivity index (χ0v) is 23.1. The van der Waals surface area contributed by atoms with Gasteiger partial charge >= 0.3 is 5.97 Å². The summed E-state index contributed by atoms with van der Waals surface area (Å²) >= 11 is 0.879. The van der Waals surface area contributed by atoms with Gasteiger partial charge in [-0.3, -0.25) is 14.4 Å². The minimum atomic E-state index is -2.17. The van der Waals surface area contributed by atoms with Gasteiger partial charge in [-0.05, 0) is 56.6 Å². The maximum atomic E-state index is 17.5. The minimum absolute atomic E-state index is 0.0838. The highest BCUT2D eigenvalue weighted by Crippen LogP contribution is 2.73. The van der Waals surface area contributed by atoms with Crippen molar-refractivity contribution in [3.05, 3.63) is 11.6 Å². The van der Waals surface area contributed by atoms with E-state index in [1.54, 1.807) is 13.8 Å². The van der Waals surface area contributed by atoms with Crippen molar-refractivity contribution in [2.45, 2.75) is 113 Å². The predicted octanol–water partition coefficient (Wildman–Crippen LogP) is 3.99. The fraction of sp³-hybridized carbons (Fsp3) is 0.821. The number of carbonyl (C=O) groups excluding carboxylic acids is 3. The van der Waals surface area contributed by atoms with E-state index in [2.05, 4.69) is 0 Å². The van der Waals surface area contributed by atoms with Gasteiger partial charge in [0, 0.05) is 29.6 Å². The van der Waals surface area contributed by atoms with Gasteiger partial charge in [0.2, 0.25) is 5.12 Å². The monoisotopic (exact) mass is 554 g/mol. The molecule has 1 N–H and O–H groups in total. The normalized spacial score (nSPS) is 53.5. The molecule has 10 heteroatoms. The van der Waals surface area contributed by atoms with Crippen molar-refractivity contribution in [2.24, 2.45) is 22.7 Å². The molecule has 6 aliphatic rings. The Bertz CT molecular complexity index is 1130. The van der Waals surface area contributed by atoms with E-state index in [1.807, 2.05) is 13.8 Å². The summed E-state index contributed by atoms with van der Waals surface area (Å²) in [7, 11) is 0. The summed E-state index contributed by atoms with van der Waals surface area (Å²) in [5.74, 6) is -3.16. The number of ether oxygens (including phenoxy) is 3. The largest absolute Gasteiger partial charge is 0.465 e. The molecule has 2 saturated heterocycles. The SMILES string of the molecule is CC[C@]1(C)O[C@@H]2C[C@H]3[C@@H]4C[C@H](F)C5=CC(=O)CC[C@]5(C)[C@@]4(F)[C@@H](O)C[C@]3(C)[C@]2(C(=O)SC2CCOC2=O)O1. The molecule has 38 heavy (non-hydrogen) atoms. The lowest BCUT2D eigenvalue weighted by molar-refractivity contribution is -0.256. The highest BCUT2D eigenvalue weighted by molar-refractivity contribution is 8.14. The van der Waals surface area contributed by atoms with Crippen molar-refractivity contribution in [2.75, 3.05) is 6.61 Å². The number of halogens is 2. The zero-order chi connectivity index (χ0) is 27.5. The van der Waals surface area contributed by atoms with Gasteiger partial charge in [-0.2, -0.15) is 0 Å². The average molecular weight is 555 g/mol. The van der Waals surface area contributed by atoms with Crippen LogP contribution in [0.2, 0.25) is 0 Å². The number of aliphatic hydroxyl groups excluding tert-OH is 1. The summed E-state index contributed by atoms with van der Waals surface area (Å²) in [5, 5.41) is 10.6. The highest BCUT2D eigenvalue weighted by atomic mass is 32.2. The molecule has 7 nitrogen and oxygen atoms in total. The van der Waals surface area contributed by atoms with E-state index in [-0.39, 0.29) is 55.2 Å². The first-order valence-corrected chi connectivity index (χ1v) is 14.7. The number of ketones is 1. The molecule has 0 aromatic heterocycles. The molecule has 4 aliphatic carbocycles. The number of esters is 1. The summed E-state index contributed by atoms with van der Waals surface area (Å²) < 4.78 is 51.4. The molecular formula is C28H36F2O7S. The maximum absolute atomic E-state index is 17.5. The molecule has 0 bridgehead atoms. The van der Waals surface area contributed by atoms with Crippen molar-refractivity contribution in [1.82, 2.24) is 0 Å². The first-order chi connectivity index (χ1) is 17.8. The molecular weight excluding hydrogens is 518 g/mol. The Hall–Kier alpha value is -1.36. The number of alkyl halides is 2. The molecule has 210 valence electrons. The number of thioether (sulfide) groups is 1. The Morgan fingerprint density at radius 3 is 2.61 bits per heavy atom. The number of allylic oxidation sites excluding steroid dienone is 1. The maximum Gasteiger partial charge on any atom is 0.319 e. The van der Waals surface area contributed by atoms with Gasteiger partial charge in [-0.25, -0.2) is 8.78 Å². The fourth-order valence-corrected chi connectivity index (χ4v) is 10.1. The molecule has 11 atom stereocenters. The number of hydrogen-bond donors (Lipinski definition) is 1. The first kappa shape index (κ1) is 26.8. The summed E-state index contributed by atoms with van der Waals surface area (Å²) in [5.41, 5.74) is -5.98. The van der Waals surface area contributed by atoms with E-state index < -0.39 is 69.3 Å². The zero-order valence-electron chi connectivity index (χ0n) is 22.3. The number of carbonyl (C=O) groups is 3. The van der Waals surface area contributed by atoms with Gasteiger partial charge in [0.05, 0.1) is 18.8 Å². The van der Waals surface area contributed by atoms with Crippen LogP contribution in [0.15, 0.2) is 11.6 Å². The third kappa shape index (κ3) is 3.15. The van der Waals surface area contributed by atoms with Crippen LogP contribution in [0.25, 0.3) is 0 Å². The van der Waals surface area contributed by atoms with E-state index in [9.17, 15) is 19.5 Å². The van der Waals surface area contributed by atoms with Crippen molar-refractivity contribution < 1.29 is 42.5 Å². The smallest absolute Gasteiger partial charge is 0.319 e. The molecule has 1 unspecified atom stereocenters. The molecule has 0 spiro atoms. The van der Waals surface area contributed by atoms with Crippen molar-refractivity contribution in [3.8, 4) is 0 Å². The molecule has 0 amide bonds. The summed E-state index contributed by atoms with van der Waals surface area (Å²) in [6.45, 7) is 7.36. The number of rotatable bonds is 3. The van der Waals surface area contributed by atoms with Crippen LogP contribution < -0.4 is 0 Å². The van der Waals surface area contributed by atoms with Crippen molar-refractivity contribution in [1.29, 1.82) is 0 Å². The van der Waals surface area contributed by atoms with Crippen LogP contribution in [0.5, 0.6) is 0 Å². The van der Waals surface area contributed by atoms with E-state index in [1.165, 1.54) is 6.08 Å². The van der Waals surface area contributed by atoms with Gasteiger partial charge in [0.25, 0.3) is 0 Å². The van der Waals surface area contributed by atoms with Crippen LogP contribution >= 0.6 is 11.8 Å². The lowest BCUT2D eigenvalue weighted by Crippen LogP contribution is -2.71. The lowest BCUT2D eigenvalue weighted by Gasteiger charge is -2.64. The standard InChI is InChI=1S/C28H36F2O7S/c1-5-26(4)36-21-12-15-16-11-18(29)17-10-14(31)6-8-24(17,2)27(16,30)20(32)13-25(15,3)28(21,37-26)23(34)38-19-7-9-35-22(19)33/h10,15-16,18-21,32H,5-9,11-13H2,1-4H3/t15-,16-,18-,19?,20-,21+,24-,25-,26+,27-,28-/m0/s1. The summed E-state index contributed by atoms with van der Waals surface area (Å²) in [4.78, 5) is 38.6. The number of hydrogen-bond acceptors (Lipinski definition) is 8. The second-order valence-electron chi connectivity index (χ2n) is 12.7. The van der Waals surface area contributed by atoms with Crippen LogP contribution in [0.3, 0.4) is 0 Å². The van der Waals surface area contributed by atoms with Crippen LogP contribution in [-0.2, 0) is 28.6 Å². The van der Waals surface area contributed by atoms with E-state index in [0.29, 0.717) is 12.8 Å². The van der Waals surface area contributed by atoms with Crippen molar-refractivity contribution >= 4 is 28.6 Å². The van der Waals surface area contributed by atoms with Crippen LogP contribution in [0, 0.1) is 22.7 Å². The van der Waals surface area contributed by atoms with E-state index in [4.69, 9.17) is 14.2 Å². The van der Waals surface area contributed by atoms with Gasteiger partial charge in [-0.1, -0.05) is 32.5 Å². The van der Waals surface area contributed by atoms with E-state index >= 15 is 8.78 Å². The lowest BCUT2D eigenvalue weighted by atomic mass is 9.43. The molecule has 2 aliphatic heterocycles. The van der Waals surface area contributed by atoms with Gasteiger partial charge in [0.1, 0.15) is 17.1 Å². The molecule has 3 saturated carbocycles. The Morgan fingerprint density at radius 1 is 1.21 bits per heavy atom. The fourth-order valence-electron chi connectivity index (χ4n) is 8.88. The number of fused-ring (bicyclic) bond motifs is 7. The second kappa shape index (κ2) is 8.33. The molecule has 0 radical (unpaired) electrons. The third-order valence-electron chi connectivity index (χ3n) is 11.0. The van der Waals surface area contributed by atoms with Gasteiger partial charge in [-0.15, -0.1) is 0 Å². The molecule has 0 aromatic carbocycles. The van der Waals surface area contributed by atoms with Crippen LogP contribution in [0.1, 0.15) is 72.6 Å². The molecule has 0 aromatic rings. The summed E-state index contributed by atoms with van der Waals surface area (Å²) in [6, 6.07) is 0. The topological polar surface area (TPSA) is 99.1 Å². The Labute approximate surface area is 225 Å². The first-order valence-electron chi connectivity index (χ1n) is 13.8. The van der Waals surface area contributed by atoms with Crippen LogP contribution in [0.4, 0.5) is 8.78 Å². The Kier molecular flexibility index (Phi) is 5.89. The van der Waals surface area contributed by atoms with Crippen LogP contribution in [-0.4, -0.2) is 69.3 Å². The third-order valence-corrected chi connectivity index (χ3v) is 12.3. The highest BCUT2D eigenvalue weighted by Gasteiger charge is 2.81. The Morgan fingerprint density at radius 2 is 1.95 bits per heavy atom. The van der Waals surface area contributed by atoms with Gasteiger partial charge < -0.3 is 19.3 Å². The minimum Gasteiger partial charge on any atom is -0.465 e. The Balaban J connectivity index is 1.44. The molecule has 5 fully saturated rings. The van der Waals surface area contributed by atoms with Gasteiger partial charge in [0.15, 0.2) is 17.2 Å². The second-order valence-corrected chi connectivity index (χ2v) is 13.9. The average Bonchev–Trinajstić information content (AvgIpc) is 3.47. The molecule has 2 heterocycles. The molecule has 6 rings (SSSR count). The summed E-state index contributed by atoms with van der Waals surface area (Å²) in [6.07, 6.45) is -1.43. The predicted molar refractivity (Wildman–Crippen MR) is 133 cm³/mol. The quantitative estimate of drug-likeness (QED) is 0.523.